The van der Waals surface area contributed by atoms with Gasteiger partial charge in [-0.05, 0) is 40.3 Å². The van der Waals surface area contributed by atoms with Crippen LogP contribution in [0.25, 0.3) is 16.3 Å². The highest BCUT2D eigenvalue weighted by Gasteiger charge is 2.41. The number of carbonyl (C=O) groups is 1. The third-order valence-electron chi connectivity index (χ3n) is 6.55. The largest absolute Gasteiger partial charge is 0.493 e. The van der Waals surface area contributed by atoms with Crippen LogP contribution in [0.3, 0.4) is 0 Å². The highest BCUT2D eigenvalue weighted by molar-refractivity contribution is 6.12. The number of nitrogens with one attached hydrogen (secondary N) is 1. The van der Waals surface area contributed by atoms with Crippen molar-refractivity contribution in [1.29, 1.82) is 0 Å². The van der Waals surface area contributed by atoms with E-state index >= 15 is 4.39 Å². The van der Waals surface area contributed by atoms with Crippen LogP contribution in [-0.4, -0.2) is 20.0 Å². The molecule has 0 radical (unpaired) electrons. The van der Waals surface area contributed by atoms with Crippen LogP contribution >= 0.6 is 0 Å². The van der Waals surface area contributed by atoms with Crippen LogP contribution < -0.4 is 14.8 Å². The topological polar surface area (TPSA) is 47.6 Å². The van der Waals surface area contributed by atoms with Gasteiger partial charge in [0.15, 0.2) is 17.3 Å². The molecule has 1 atom stereocenters. The molecule has 0 fully saturated rings. The van der Waals surface area contributed by atoms with E-state index < -0.39 is 11.9 Å². The molecule has 3 aromatic carbocycles. The highest BCUT2D eigenvalue weighted by atomic mass is 19.1. The molecule has 5 heteroatoms. The molecule has 5 rings (SSSR count). The van der Waals surface area contributed by atoms with E-state index in [-0.39, 0.29) is 11.2 Å². The smallest absolute Gasteiger partial charge is 0.163 e. The Morgan fingerprint density at radius 3 is 2.47 bits per heavy atom. The van der Waals surface area contributed by atoms with Crippen molar-refractivity contribution in [3.8, 4) is 11.5 Å². The van der Waals surface area contributed by atoms with Gasteiger partial charge in [-0.2, -0.15) is 0 Å². The normalized spacial score (nSPS) is 19.3. The summed E-state index contributed by atoms with van der Waals surface area (Å²) in [5, 5.41) is 5.69. The zero-order valence-electron chi connectivity index (χ0n) is 18.7. The van der Waals surface area contributed by atoms with Gasteiger partial charge in [-0.15, -0.1) is 0 Å². The van der Waals surface area contributed by atoms with Gasteiger partial charge in [0.05, 0.1) is 20.3 Å². The van der Waals surface area contributed by atoms with Crippen molar-refractivity contribution in [2.75, 3.05) is 19.5 Å². The second-order valence-electron chi connectivity index (χ2n) is 9.35. The number of ketones is 1. The number of fused-ring (bicyclic) bond motifs is 4. The lowest BCUT2D eigenvalue weighted by Crippen LogP contribution is -2.33. The quantitative estimate of drug-likeness (QED) is 0.528. The average molecular weight is 432 g/mol. The number of halogens is 1. The molecule has 1 aliphatic heterocycles. The van der Waals surface area contributed by atoms with Crippen molar-refractivity contribution in [2.45, 2.75) is 32.7 Å². The summed E-state index contributed by atoms with van der Waals surface area (Å²) in [5.41, 5.74) is 3.84. The van der Waals surface area contributed by atoms with Crippen molar-refractivity contribution in [3.63, 3.8) is 0 Å². The predicted octanol–water partition coefficient (Wildman–Crippen LogP) is 6.31. The number of hydrogen-bond donors (Lipinski definition) is 1. The summed E-state index contributed by atoms with van der Waals surface area (Å²) < 4.78 is 26.0. The number of benzene rings is 3. The number of carbonyl (C=O) groups excluding carboxylic acids is 1. The number of anilines is 1. The van der Waals surface area contributed by atoms with E-state index in [0.717, 1.165) is 34.0 Å². The second kappa shape index (κ2) is 7.37. The lowest BCUT2D eigenvalue weighted by Gasteiger charge is -2.40. The molecule has 1 N–H and O–H groups in total. The van der Waals surface area contributed by atoms with Crippen LogP contribution in [0.2, 0.25) is 0 Å². The van der Waals surface area contributed by atoms with Crippen LogP contribution in [0.4, 0.5) is 10.1 Å². The van der Waals surface area contributed by atoms with Crippen LogP contribution in [-0.2, 0) is 4.79 Å². The highest BCUT2D eigenvalue weighted by Crippen LogP contribution is 2.52. The van der Waals surface area contributed by atoms with Crippen molar-refractivity contribution >= 4 is 27.8 Å². The standard InChI is InChI=1S/C27H26FNO3/c1-27(2)13-18-24-16-8-6-5-7-15(16)9-10-20(24)29-26(25(18)21(30)14-27)17-11-22(31-3)23(32-4)12-19(17)28/h5-12,26,29H,13-14H2,1-4H3/t26-/m1/s1. The number of allylic oxidation sites excluding steroid dienone is 1. The van der Waals surface area contributed by atoms with E-state index in [1.807, 2.05) is 18.2 Å². The number of hydrogen-bond acceptors (Lipinski definition) is 4. The van der Waals surface area contributed by atoms with E-state index in [1.165, 1.54) is 20.3 Å². The third-order valence-corrected chi connectivity index (χ3v) is 6.55. The van der Waals surface area contributed by atoms with Gasteiger partial charge in [-0.1, -0.05) is 44.2 Å². The zero-order chi connectivity index (χ0) is 22.6. The van der Waals surface area contributed by atoms with E-state index in [9.17, 15) is 4.79 Å². The Balaban J connectivity index is 1.79. The molecule has 164 valence electrons. The van der Waals surface area contributed by atoms with Gasteiger partial charge in [0.1, 0.15) is 5.82 Å². The Bertz CT molecular complexity index is 1290. The molecule has 0 aromatic heterocycles. The first kappa shape index (κ1) is 20.6. The van der Waals surface area contributed by atoms with Crippen molar-refractivity contribution in [3.05, 3.63) is 71.0 Å². The minimum absolute atomic E-state index is 0.0570. The Labute approximate surface area is 187 Å². The van der Waals surface area contributed by atoms with Gasteiger partial charge in [0.25, 0.3) is 0 Å². The molecule has 0 spiro atoms. The molecule has 0 amide bonds. The Kier molecular flexibility index (Phi) is 4.73. The van der Waals surface area contributed by atoms with Crippen LogP contribution in [0.1, 0.15) is 43.9 Å². The van der Waals surface area contributed by atoms with E-state index in [1.54, 1.807) is 6.07 Å². The van der Waals surface area contributed by atoms with Crippen molar-refractivity contribution < 1.29 is 18.7 Å². The molecule has 0 bridgehead atoms. The van der Waals surface area contributed by atoms with E-state index in [4.69, 9.17) is 9.47 Å². The first-order valence-corrected chi connectivity index (χ1v) is 10.8. The van der Waals surface area contributed by atoms with Gasteiger partial charge in [-0.3, -0.25) is 4.79 Å². The molecule has 4 nitrogen and oxygen atoms in total. The van der Waals surface area contributed by atoms with Crippen LogP contribution in [0.5, 0.6) is 11.5 Å². The monoisotopic (exact) mass is 431 g/mol. The Morgan fingerprint density at radius 1 is 1.00 bits per heavy atom. The molecular formula is C27H26FNO3. The molecule has 1 aliphatic carbocycles. The minimum atomic E-state index is -0.595. The summed E-state index contributed by atoms with van der Waals surface area (Å²) in [4.78, 5) is 13.5. The van der Waals surface area contributed by atoms with Gasteiger partial charge in [0.2, 0.25) is 0 Å². The summed E-state index contributed by atoms with van der Waals surface area (Å²) in [6, 6.07) is 14.6. The molecular weight excluding hydrogens is 405 g/mol. The summed E-state index contributed by atoms with van der Waals surface area (Å²) >= 11 is 0. The summed E-state index contributed by atoms with van der Waals surface area (Å²) in [6.07, 6.45) is 1.18. The molecule has 0 saturated carbocycles. The Morgan fingerprint density at radius 2 is 1.72 bits per heavy atom. The fraction of sp³-hybridized carbons (Fsp3) is 0.296. The van der Waals surface area contributed by atoms with Gasteiger partial charge >= 0.3 is 0 Å². The fourth-order valence-electron chi connectivity index (χ4n) is 5.16. The van der Waals surface area contributed by atoms with Crippen molar-refractivity contribution in [1.82, 2.24) is 0 Å². The van der Waals surface area contributed by atoms with Gasteiger partial charge < -0.3 is 14.8 Å². The van der Waals surface area contributed by atoms with Gasteiger partial charge in [0, 0.05) is 34.9 Å². The fourth-order valence-corrected chi connectivity index (χ4v) is 5.16. The molecule has 0 unspecified atom stereocenters. The lowest BCUT2D eigenvalue weighted by molar-refractivity contribution is -0.118. The first-order chi connectivity index (χ1) is 15.3. The second-order valence-corrected chi connectivity index (χ2v) is 9.35. The van der Waals surface area contributed by atoms with E-state index in [2.05, 4.69) is 37.4 Å². The molecule has 3 aromatic rings. The number of ether oxygens (including phenoxy) is 2. The number of rotatable bonds is 3. The maximum absolute atomic E-state index is 15.3. The maximum atomic E-state index is 15.3. The van der Waals surface area contributed by atoms with Crippen LogP contribution in [0, 0.1) is 11.2 Å². The first-order valence-electron chi connectivity index (χ1n) is 10.8. The van der Waals surface area contributed by atoms with Crippen molar-refractivity contribution in [2.24, 2.45) is 5.41 Å². The van der Waals surface area contributed by atoms with Crippen LogP contribution in [0.15, 0.2) is 54.1 Å². The number of methoxy groups -OCH3 is 2. The molecule has 0 saturated heterocycles. The average Bonchev–Trinajstić information content (AvgIpc) is 2.77. The summed E-state index contributed by atoms with van der Waals surface area (Å²) in [5.74, 6) is 0.373. The summed E-state index contributed by atoms with van der Waals surface area (Å²) in [6.45, 7) is 4.24. The predicted molar refractivity (Wildman–Crippen MR) is 125 cm³/mol. The molecule has 1 heterocycles. The van der Waals surface area contributed by atoms with Gasteiger partial charge in [-0.25, -0.2) is 4.39 Å². The molecule has 32 heavy (non-hydrogen) atoms. The van der Waals surface area contributed by atoms with E-state index in [0.29, 0.717) is 29.1 Å². The number of Topliss-reactive ketones (excluding diaryl/α,β-unsaturated/α-hetero) is 1. The lowest BCUT2D eigenvalue weighted by atomic mass is 9.68. The molecule has 2 aliphatic rings. The summed E-state index contributed by atoms with van der Waals surface area (Å²) in [7, 11) is 3.00. The minimum Gasteiger partial charge on any atom is -0.493 e. The SMILES string of the molecule is COc1cc(F)c([C@H]2Nc3ccc4ccccc4c3C3=C2C(=O)CC(C)(C)C3)cc1OC. The zero-order valence-corrected chi connectivity index (χ0v) is 18.7. The third kappa shape index (κ3) is 3.15. The maximum Gasteiger partial charge on any atom is 0.163 e. The Hall–Kier alpha value is -3.34.